The van der Waals surface area contributed by atoms with Crippen molar-refractivity contribution in [3.8, 4) is 0 Å². The van der Waals surface area contributed by atoms with E-state index in [0.29, 0.717) is 25.9 Å². The Balaban J connectivity index is 1.75. The molecular weight excluding hydrogens is 320 g/mol. The summed E-state index contributed by atoms with van der Waals surface area (Å²) in [6, 6.07) is 5.43. The van der Waals surface area contributed by atoms with Gasteiger partial charge in [0.2, 0.25) is 5.91 Å². The monoisotopic (exact) mass is 345 g/mol. The molecule has 2 heterocycles. The Labute approximate surface area is 147 Å². The fraction of sp³-hybridized carbons (Fsp3) is 0.526. The van der Waals surface area contributed by atoms with Crippen molar-refractivity contribution in [1.82, 2.24) is 0 Å². The lowest BCUT2D eigenvalue weighted by molar-refractivity contribution is -0.920. The number of carbonyl (C=O) groups is 3. The molecule has 1 aromatic rings. The van der Waals surface area contributed by atoms with Gasteiger partial charge in [-0.3, -0.25) is 14.4 Å². The summed E-state index contributed by atoms with van der Waals surface area (Å²) in [6.45, 7) is 5.27. The smallest absolute Gasteiger partial charge is 0.309 e. The largest absolute Gasteiger partial charge is 0.469 e. The van der Waals surface area contributed by atoms with Gasteiger partial charge in [0, 0.05) is 12.8 Å². The second-order valence-electron chi connectivity index (χ2n) is 7.02. The summed E-state index contributed by atoms with van der Waals surface area (Å²) in [6.07, 6.45) is 1.64. The van der Waals surface area contributed by atoms with E-state index in [1.54, 1.807) is 0 Å². The SMILES string of the molecule is COC(=O)C1CC[NH+]([C@H]2CC(=O)N(c3c(C)cccc3C)C2=O)CC1. The summed E-state index contributed by atoms with van der Waals surface area (Å²) >= 11 is 0. The molecule has 3 rings (SSSR count). The Morgan fingerprint density at radius 3 is 2.32 bits per heavy atom. The Bertz CT molecular complexity index is 687. The van der Waals surface area contributed by atoms with Crippen LogP contribution in [0.4, 0.5) is 5.69 Å². The van der Waals surface area contributed by atoms with Gasteiger partial charge >= 0.3 is 5.97 Å². The quantitative estimate of drug-likeness (QED) is 0.636. The third kappa shape index (κ3) is 3.18. The number of piperidine rings is 1. The second-order valence-corrected chi connectivity index (χ2v) is 7.02. The average molecular weight is 345 g/mol. The van der Waals surface area contributed by atoms with Gasteiger partial charge in [-0.2, -0.15) is 0 Å². The molecular formula is C19H25N2O4+. The van der Waals surface area contributed by atoms with Gasteiger partial charge in [0.05, 0.1) is 38.2 Å². The van der Waals surface area contributed by atoms with Crippen molar-refractivity contribution < 1.29 is 24.0 Å². The molecule has 134 valence electrons. The lowest BCUT2D eigenvalue weighted by Gasteiger charge is -2.31. The number of nitrogens with zero attached hydrogens (tertiary/aromatic N) is 1. The molecule has 2 saturated heterocycles. The Morgan fingerprint density at radius 1 is 1.16 bits per heavy atom. The fourth-order valence-corrected chi connectivity index (χ4v) is 4.08. The first-order valence-corrected chi connectivity index (χ1v) is 8.79. The van der Waals surface area contributed by atoms with Gasteiger partial charge < -0.3 is 9.64 Å². The first-order valence-electron chi connectivity index (χ1n) is 8.79. The van der Waals surface area contributed by atoms with Crippen molar-refractivity contribution in [3.05, 3.63) is 29.3 Å². The van der Waals surface area contributed by atoms with Crippen molar-refractivity contribution in [2.24, 2.45) is 5.92 Å². The number of imide groups is 1. The third-order valence-electron chi connectivity index (χ3n) is 5.46. The molecule has 0 radical (unpaired) electrons. The fourth-order valence-electron chi connectivity index (χ4n) is 4.08. The van der Waals surface area contributed by atoms with Gasteiger partial charge in [0.25, 0.3) is 5.91 Å². The zero-order valence-electron chi connectivity index (χ0n) is 15.0. The zero-order chi connectivity index (χ0) is 18.1. The molecule has 2 amide bonds. The number of amides is 2. The minimum atomic E-state index is -0.342. The summed E-state index contributed by atoms with van der Waals surface area (Å²) in [7, 11) is 1.41. The number of quaternary nitrogens is 1. The van der Waals surface area contributed by atoms with Crippen LogP contribution < -0.4 is 9.80 Å². The standard InChI is InChI=1S/C19H24N2O4/c1-12-5-4-6-13(2)17(12)21-16(22)11-15(18(21)23)20-9-7-14(8-10-20)19(24)25-3/h4-6,14-15H,7-11H2,1-3H3/p+1/t15-/m0/s1. The number of hydrogen-bond donors (Lipinski definition) is 1. The van der Waals surface area contributed by atoms with Crippen LogP contribution in [0.15, 0.2) is 18.2 Å². The van der Waals surface area contributed by atoms with Crippen LogP contribution in [0.3, 0.4) is 0 Å². The molecule has 0 saturated carbocycles. The van der Waals surface area contributed by atoms with Crippen LogP contribution in [0.2, 0.25) is 0 Å². The average Bonchev–Trinajstić information content (AvgIpc) is 2.89. The first kappa shape index (κ1) is 17.6. The number of nitrogens with one attached hydrogen (secondary N) is 1. The van der Waals surface area contributed by atoms with Gasteiger partial charge in [0.15, 0.2) is 6.04 Å². The molecule has 2 aliphatic rings. The summed E-state index contributed by atoms with van der Waals surface area (Å²) < 4.78 is 4.81. The Hall–Kier alpha value is -2.21. The van der Waals surface area contributed by atoms with Crippen molar-refractivity contribution >= 4 is 23.5 Å². The van der Waals surface area contributed by atoms with Gasteiger partial charge in [-0.25, -0.2) is 4.90 Å². The van der Waals surface area contributed by atoms with Crippen molar-refractivity contribution in [3.63, 3.8) is 0 Å². The lowest BCUT2D eigenvalue weighted by Crippen LogP contribution is -3.17. The highest BCUT2D eigenvalue weighted by Gasteiger charge is 2.47. The molecule has 1 N–H and O–H groups in total. The maximum atomic E-state index is 13.0. The van der Waals surface area contributed by atoms with Crippen LogP contribution in [-0.2, 0) is 19.1 Å². The van der Waals surface area contributed by atoms with E-state index in [1.807, 2.05) is 32.0 Å². The normalized spacial score (nSPS) is 26.8. The van der Waals surface area contributed by atoms with Crippen LogP contribution in [0.25, 0.3) is 0 Å². The highest BCUT2D eigenvalue weighted by molar-refractivity contribution is 6.22. The number of esters is 1. The molecule has 0 bridgehead atoms. The molecule has 0 aliphatic carbocycles. The van der Waals surface area contributed by atoms with Crippen molar-refractivity contribution in [1.29, 1.82) is 0 Å². The van der Waals surface area contributed by atoms with Gasteiger partial charge in [-0.05, 0) is 25.0 Å². The number of benzene rings is 1. The number of carbonyl (C=O) groups excluding carboxylic acids is 3. The Morgan fingerprint density at radius 2 is 1.76 bits per heavy atom. The van der Waals surface area contributed by atoms with Crippen LogP contribution in [0.5, 0.6) is 0 Å². The highest BCUT2D eigenvalue weighted by atomic mass is 16.5. The molecule has 6 heteroatoms. The molecule has 25 heavy (non-hydrogen) atoms. The molecule has 0 spiro atoms. The van der Waals surface area contributed by atoms with Gasteiger partial charge in [-0.1, -0.05) is 18.2 Å². The number of hydrogen-bond acceptors (Lipinski definition) is 4. The second kappa shape index (κ2) is 6.96. The van der Waals surface area contributed by atoms with Crippen LogP contribution >= 0.6 is 0 Å². The van der Waals surface area contributed by atoms with E-state index in [0.717, 1.165) is 21.7 Å². The summed E-state index contributed by atoms with van der Waals surface area (Å²) in [5, 5.41) is 0. The van der Waals surface area contributed by atoms with E-state index in [4.69, 9.17) is 4.74 Å². The Kier molecular flexibility index (Phi) is 4.90. The van der Waals surface area contributed by atoms with E-state index in [-0.39, 0.29) is 36.2 Å². The van der Waals surface area contributed by atoms with Crippen molar-refractivity contribution in [2.75, 3.05) is 25.1 Å². The molecule has 6 nitrogen and oxygen atoms in total. The molecule has 1 atom stereocenters. The number of para-hydroxylation sites is 1. The zero-order valence-corrected chi connectivity index (χ0v) is 15.0. The third-order valence-corrected chi connectivity index (χ3v) is 5.46. The van der Waals surface area contributed by atoms with Gasteiger partial charge in [-0.15, -0.1) is 0 Å². The summed E-state index contributed by atoms with van der Waals surface area (Å²) in [4.78, 5) is 39.7. The number of methoxy groups -OCH3 is 1. The van der Waals surface area contributed by atoms with E-state index in [2.05, 4.69) is 0 Å². The number of rotatable bonds is 3. The van der Waals surface area contributed by atoms with E-state index in [9.17, 15) is 14.4 Å². The topological polar surface area (TPSA) is 68.1 Å². The maximum absolute atomic E-state index is 13.0. The molecule has 2 aliphatic heterocycles. The predicted octanol–water partition coefficient (Wildman–Crippen LogP) is 0.403. The number of ether oxygens (including phenoxy) is 1. The molecule has 2 fully saturated rings. The molecule has 0 unspecified atom stereocenters. The number of aryl methyl sites for hydroxylation is 2. The van der Waals surface area contributed by atoms with E-state index in [1.165, 1.54) is 12.0 Å². The molecule has 1 aromatic carbocycles. The predicted molar refractivity (Wildman–Crippen MR) is 92.3 cm³/mol. The lowest BCUT2D eigenvalue weighted by atomic mass is 9.95. The highest BCUT2D eigenvalue weighted by Crippen LogP contribution is 2.29. The maximum Gasteiger partial charge on any atom is 0.309 e. The number of likely N-dealkylation sites (tertiary alicyclic amines) is 1. The van der Waals surface area contributed by atoms with E-state index < -0.39 is 0 Å². The van der Waals surface area contributed by atoms with Crippen LogP contribution in [-0.4, -0.2) is 44.0 Å². The minimum absolute atomic E-state index is 0.0873. The van der Waals surface area contributed by atoms with Crippen LogP contribution in [0.1, 0.15) is 30.4 Å². The van der Waals surface area contributed by atoms with Crippen LogP contribution in [0, 0.1) is 19.8 Å². The minimum Gasteiger partial charge on any atom is -0.469 e. The first-order chi connectivity index (χ1) is 11.9. The molecule has 0 aromatic heterocycles. The summed E-state index contributed by atoms with van der Waals surface area (Å²) in [5.41, 5.74) is 2.59. The number of anilines is 1. The van der Waals surface area contributed by atoms with E-state index >= 15 is 0 Å². The summed E-state index contributed by atoms with van der Waals surface area (Å²) in [5.74, 6) is -0.510. The van der Waals surface area contributed by atoms with Gasteiger partial charge in [0.1, 0.15) is 0 Å². The van der Waals surface area contributed by atoms with Crippen molar-refractivity contribution in [2.45, 2.75) is 39.2 Å².